The molecule has 1 amide bonds. The van der Waals surface area contributed by atoms with Crippen LogP contribution in [-0.4, -0.2) is 50.8 Å². The highest BCUT2D eigenvalue weighted by Gasteiger charge is 2.31. The van der Waals surface area contributed by atoms with E-state index in [1.807, 2.05) is 13.8 Å². The average molecular weight is 318 g/mol. The van der Waals surface area contributed by atoms with E-state index in [2.05, 4.69) is 15.2 Å². The van der Waals surface area contributed by atoms with Gasteiger partial charge in [0.1, 0.15) is 5.75 Å². The number of aromatic hydroxyl groups is 1. The predicted molar refractivity (Wildman–Crippen MR) is 78.9 cm³/mol. The molecule has 1 atom stereocenters. The molecule has 8 nitrogen and oxygen atoms in total. The second kappa shape index (κ2) is 6.33. The zero-order valence-electron chi connectivity index (χ0n) is 13.0. The third kappa shape index (κ3) is 3.16. The van der Waals surface area contributed by atoms with E-state index in [1.165, 1.54) is 12.3 Å². The second-order valence-electron chi connectivity index (χ2n) is 5.61. The molecule has 0 spiro atoms. The van der Waals surface area contributed by atoms with E-state index < -0.39 is 6.10 Å². The number of ether oxygens (including phenoxy) is 1. The SMILES string of the molecule is CC(C)c1nnc(C2CN(C(=O)c3ncccc3O)CCO2)o1. The molecule has 0 aromatic carbocycles. The molecule has 1 fully saturated rings. The van der Waals surface area contributed by atoms with Gasteiger partial charge in [-0.3, -0.25) is 4.79 Å². The zero-order valence-corrected chi connectivity index (χ0v) is 13.0. The van der Waals surface area contributed by atoms with Crippen LogP contribution in [0.15, 0.2) is 22.7 Å². The normalized spacial score (nSPS) is 18.4. The van der Waals surface area contributed by atoms with Crippen LogP contribution in [0.25, 0.3) is 0 Å². The summed E-state index contributed by atoms with van der Waals surface area (Å²) >= 11 is 0. The Kier molecular flexibility index (Phi) is 4.24. The van der Waals surface area contributed by atoms with Gasteiger partial charge in [0.2, 0.25) is 11.8 Å². The molecule has 2 aromatic rings. The first-order chi connectivity index (χ1) is 11.1. The molecule has 122 valence electrons. The summed E-state index contributed by atoms with van der Waals surface area (Å²) in [7, 11) is 0. The Hall–Kier alpha value is -2.48. The van der Waals surface area contributed by atoms with Crippen molar-refractivity contribution >= 4 is 5.91 Å². The van der Waals surface area contributed by atoms with Gasteiger partial charge in [-0.1, -0.05) is 13.8 Å². The molecule has 0 bridgehead atoms. The fourth-order valence-electron chi connectivity index (χ4n) is 2.30. The van der Waals surface area contributed by atoms with Gasteiger partial charge in [0.25, 0.3) is 5.91 Å². The van der Waals surface area contributed by atoms with Crippen molar-refractivity contribution in [2.24, 2.45) is 0 Å². The van der Waals surface area contributed by atoms with Gasteiger partial charge in [0, 0.05) is 18.7 Å². The maximum absolute atomic E-state index is 12.5. The fourth-order valence-corrected chi connectivity index (χ4v) is 2.30. The maximum atomic E-state index is 12.5. The number of rotatable bonds is 3. The molecule has 0 aliphatic carbocycles. The second-order valence-corrected chi connectivity index (χ2v) is 5.61. The van der Waals surface area contributed by atoms with Crippen LogP contribution in [0, 0.1) is 0 Å². The monoisotopic (exact) mass is 318 g/mol. The standard InChI is InChI=1S/C15H18N4O4/c1-9(2)13-17-18-14(23-13)11-8-19(6-7-22-11)15(21)12-10(20)4-3-5-16-12/h3-5,9,11,20H,6-8H2,1-2H3. The molecule has 23 heavy (non-hydrogen) atoms. The van der Waals surface area contributed by atoms with Crippen LogP contribution in [0.3, 0.4) is 0 Å². The van der Waals surface area contributed by atoms with Crippen LogP contribution in [-0.2, 0) is 4.74 Å². The molecule has 1 N–H and O–H groups in total. The lowest BCUT2D eigenvalue weighted by Crippen LogP contribution is -2.42. The van der Waals surface area contributed by atoms with Crippen molar-refractivity contribution in [2.75, 3.05) is 19.7 Å². The third-order valence-electron chi connectivity index (χ3n) is 3.57. The number of morpholine rings is 1. The molecule has 1 aliphatic heterocycles. The van der Waals surface area contributed by atoms with Gasteiger partial charge in [-0.15, -0.1) is 10.2 Å². The molecule has 3 heterocycles. The highest BCUT2D eigenvalue weighted by atomic mass is 16.5. The van der Waals surface area contributed by atoms with Crippen molar-refractivity contribution in [2.45, 2.75) is 25.9 Å². The van der Waals surface area contributed by atoms with Crippen LogP contribution in [0.4, 0.5) is 0 Å². The zero-order chi connectivity index (χ0) is 16.4. The topological polar surface area (TPSA) is 102 Å². The lowest BCUT2D eigenvalue weighted by Gasteiger charge is -2.31. The van der Waals surface area contributed by atoms with Gasteiger partial charge in [0.05, 0.1) is 13.2 Å². The van der Waals surface area contributed by atoms with Gasteiger partial charge in [-0.05, 0) is 12.1 Å². The fraction of sp³-hybridized carbons (Fsp3) is 0.467. The van der Waals surface area contributed by atoms with E-state index in [1.54, 1.807) is 11.0 Å². The Morgan fingerprint density at radius 1 is 1.43 bits per heavy atom. The number of hydrogen-bond acceptors (Lipinski definition) is 7. The van der Waals surface area contributed by atoms with Crippen LogP contribution < -0.4 is 0 Å². The Balaban J connectivity index is 1.75. The molecule has 2 aromatic heterocycles. The summed E-state index contributed by atoms with van der Waals surface area (Å²) in [4.78, 5) is 18.0. The van der Waals surface area contributed by atoms with Gasteiger partial charge in [-0.25, -0.2) is 4.98 Å². The first-order valence-corrected chi connectivity index (χ1v) is 7.44. The van der Waals surface area contributed by atoms with Gasteiger partial charge in [-0.2, -0.15) is 0 Å². The number of pyridine rings is 1. The maximum Gasteiger partial charge on any atom is 0.276 e. The van der Waals surface area contributed by atoms with Crippen molar-refractivity contribution in [3.63, 3.8) is 0 Å². The van der Waals surface area contributed by atoms with Crippen LogP contribution >= 0.6 is 0 Å². The average Bonchev–Trinajstić information content (AvgIpc) is 3.05. The summed E-state index contributed by atoms with van der Waals surface area (Å²) in [6, 6.07) is 3.01. The van der Waals surface area contributed by atoms with E-state index in [0.717, 1.165) is 0 Å². The molecule has 1 saturated heterocycles. The molecular formula is C15H18N4O4. The van der Waals surface area contributed by atoms with E-state index in [0.29, 0.717) is 24.9 Å². The van der Waals surface area contributed by atoms with Gasteiger partial charge >= 0.3 is 0 Å². The highest BCUT2D eigenvalue weighted by Crippen LogP contribution is 2.25. The quantitative estimate of drug-likeness (QED) is 0.915. The van der Waals surface area contributed by atoms with Crippen LogP contribution in [0.1, 0.15) is 48.1 Å². The molecule has 8 heteroatoms. The lowest BCUT2D eigenvalue weighted by molar-refractivity contribution is -0.0353. The summed E-state index contributed by atoms with van der Waals surface area (Å²) < 4.78 is 11.2. The number of carbonyl (C=O) groups is 1. The Labute approximate surface area is 133 Å². The number of aromatic nitrogens is 3. The van der Waals surface area contributed by atoms with E-state index in [9.17, 15) is 9.90 Å². The minimum Gasteiger partial charge on any atom is -0.505 e. The number of hydrogen-bond donors (Lipinski definition) is 1. The Bertz CT molecular complexity index is 700. The van der Waals surface area contributed by atoms with Gasteiger partial charge < -0.3 is 19.2 Å². The Morgan fingerprint density at radius 3 is 2.96 bits per heavy atom. The minimum absolute atomic E-state index is 0.0292. The predicted octanol–water partition coefficient (Wildman–Crippen LogP) is 1.51. The van der Waals surface area contributed by atoms with E-state index in [4.69, 9.17) is 9.15 Å². The van der Waals surface area contributed by atoms with Crippen LogP contribution in [0.2, 0.25) is 0 Å². The number of carbonyl (C=O) groups excluding carboxylic acids is 1. The summed E-state index contributed by atoms with van der Waals surface area (Å²) in [6.07, 6.45) is 0.996. The molecule has 3 rings (SSSR count). The van der Waals surface area contributed by atoms with Crippen molar-refractivity contribution in [3.05, 3.63) is 35.8 Å². The van der Waals surface area contributed by atoms with Crippen molar-refractivity contribution in [1.29, 1.82) is 0 Å². The summed E-state index contributed by atoms with van der Waals surface area (Å²) in [5.74, 6) is 0.536. The largest absolute Gasteiger partial charge is 0.505 e. The number of amides is 1. The molecule has 0 saturated carbocycles. The molecular weight excluding hydrogens is 300 g/mol. The molecule has 1 aliphatic rings. The first-order valence-electron chi connectivity index (χ1n) is 7.44. The smallest absolute Gasteiger partial charge is 0.276 e. The van der Waals surface area contributed by atoms with E-state index >= 15 is 0 Å². The Morgan fingerprint density at radius 2 is 2.26 bits per heavy atom. The third-order valence-corrected chi connectivity index (χ3v) is 3.57. The summed E-state index contributed by atoms with van der Waals surface area (Å²) in [5, 5.41) is 17.8. The summed E-state index contributed by atoms with van der Waals surface area (Å²) in [6.45, 7) is 4.95. The molecule has 0 radical (unpaired) electrons. The lowest BCUT2D eigenvalue weighted by atomic mass is 10.2. The van der Waals surface area contributed by atoms with Crippen LogP contribution in [0.5, 0.6) is 5.75 Å². The first kappa shape index (κ1) is 15.4. The van der Waals surface area contributed by atoms with Crippen molar-refractivity contribution in [1.82, 2.24) is 20.1 Å². The number of nitrogens with zero attached hydrogens (tertiary/aromatic N) is 4. The minimum atomic E-state index is -0.474. The highest BCUT2D eigenvalue weighted by molar-refractivity contribution is 5.94. The van der Waals surface area contributed by atoms with E-state index in [-0.39, 0.29) is 29.8 Å². The molecule has 1 unspecified atom stereocenters. The van der Waals surface area contributed by atoms with Crippen molar-refractivity contribution in [3.8, 4) is 5.75 Å². The van der Waals surface area contributed by atoms with Crippen molar-refractivity contribution < 1.29 is 19.1 Å². The van der Waals surface area contributed by atoms with Gasteiger partial charge in [0.15, 0.2) is 11.8 Å². The summed E-state index contributed by atoms with van der Waals surface area (Å²) in [5.41, 5.74) is 0.0292.